The lowest BCUT2D eigenvalue weighted by Gasteiger charge is -2.40. The van der Waals surface area contributed by atoms with E-state index in [0.29, 0.717) is 19.7 Å². The number of nitrogens with zero attached hydrogens (tertiary/aromatic N) is 1. The summed E-state index contributed by atoms with van der Waals surface area (Å²) in [6, 6.07) is 13.9. The van der Waals surface area contributed by atoms with Gasteiger partial charge in [-0.15, -0.1) is 0 Å². The zero-order valence-electron chi connectivity index (χ0n) is 19.1. The second kappa shape index (κ2) is 10.6. The van der Waals surface area contributed by atoms with Crippen molar-refractivity contribution in [2.45, 2.75) is 38.8 Å². The maximum absolute atomic E-state index is 12.4. The minimum absolute atomic E-state index is 0.0345. The molecule has 0 aliphatic carbocycles. The number of ether oxygens (including phenoxy) is 3. The lowest BCUT2D eigenvalue weighted by atomic mass is 9.92. The highest BCUT2D eigenvalue weighted by Crippen LogP contribution is 2.28. The van der Waals surface area contributed by atoms with E-state index in [4.69, 9.17) is 14.2 Å². The van der Waals surface area contributed by atoms with Gasteiger partial charge in [0.05, 0.1) is 13.7 Å². The van der Waals surface area contributed by atoms with Gasteiger partial charge in [0.25, 0.3) is 0 Å². The highest BCUT2D eigenvalue weighted by molar-refractivity contribution is 5.78. The maximum Gasteiger partial charge on any atom is 0.234 e. The first-order valence-corrected chi connectivity index (χ1v) is 10.8. The van der Waals surface area contributed by atoms with Gasteiger partial charge in [-0.2, -0.15) is 0 Å². The Kier molecular flexibility index (Phi) is 7.93. The van der Waals surface area contributed by atoms with E-state index in [9.17, 15) is 4.79 Å². The molecule has 0 spiro atoms. The van der Waals surface area contributed by atoms with Gasteiger partial charge in [-0.25, -0.2) is 0 Å². The molecule has 6 nitrogen and oxygen atoms in total. The number of piperidine rings is 1. The van der Waals surface area contributed by atoms with Crippen LogP contribution in [0.2, 0.25) is 0 Å². The molecular formula is C25H34N2O4. The van der Waals surface area contributed by atoms with Gasteiger partial charge in [0, 0.05) is 26.7 Å². The molecule has 0 radical (unpaired) electrons. The van der Waals surface area contributed by atoms with Gasteiger partial charge < -0.3 is 19.5 Å². The Morgan fingerprint density at radius 3 is 2.39 bits per heavy atom. The number of carbonyl (C=O) groups excluding carboxylic acids is 1. The number of likely N-dealkylation sites (tertiary alicyclic amines) is 1. The third-order valence-corrected chi connectivity index (χ3v) is 6.04. The molecule has 2 aromatic rings. The number of amides is 1. The van der Waals surface area contributed by atoms with Crippen LogP contribution in [0.15, 0.2) is 42.5 Å². The number of aryl methyl sites for hydroxylation is 2. The molecule has 1 saturated heterocycles. The van der Waals surface area contributed by atoms with E-state index in [2.05, 4.69) is 36.2 Å². The molecule has 1 fully saturated rings. The zero-order chi connectivity index (χ0) is 22.3. The van der Waals surface area contributed by atoms with Crippen LogP contribution in [0.25, 0.3) is 0 Å². The molecule has 0 bridgehead atoms. The van der Waals surface area contributed by atoms with E-state index in [0.717, 1.165) is 48.6 Å². The number of hydrogen-bond donors (Lipinski definition) is 1. The Balaban J connectivity index is 1.44. The number of benzene rings is 2. The van der Waals surface area contributed by atoms with Gasteiger partial charge >= 0.3 is 0 Å². The van der Waals surface area contributed by atoms with Crippen molar-refractivity contribution >= 4 is 5.91 Å². The molecule has 1 aliphatic heterocycles. The number of carbonyl (C=O) groups is 1. The third-order valence-electron chi connectivity index (χ3n) is 6.04. The van der Waals surface area contributed by atoms with Crippen molar-refractivity contribution in [2.75, 3.05) is 40.5 Å². The van der Waals surface area contributed by atoms with Gasteiger partial charge in [-0.3, -0.25) is 9.69 Å². The standard InChI is InChI=1S/C25H34N2O4/c1-19-5-10-23(20(2)15-19)31-18-25(30-4)11-13-27(14-12-25)17-24(28)26-16-21-6-8-22(29-3)9-7-21/h5-10,15H,11-14,16-18H2,1-4H3,(H,26,28). The summed E-state index contributed by atoms with van der Waals surface area (Å²) in [4.78, 5) is 14.6. The second-order valence-electron chi connectivity index (χ2n) is 8.35. The molecule has 0 unspecified atom stereocenters. The second-order valence-corrected chi connectivity index (χ2v) is 8.35. The summed E-state index contributed by atoms with van der Waals surface area (Å²) < 4.78 is 17.2. The Labute approximate surface area is 185 Å². The van der Waals surface area contributed by atoms with E-state index in [1.165, 1.54) is 5.56 Å². The van der Waals surface area contributed by atoms with Crippen LogP contribution in [0.4, 0.5) is 0 Å². The van der Waals surface area contributed by atoms with Crippen molar-refractivity contribution in [3.63, 3.8) is 0 Å². The molecule has 2 aromatic carbocycles. The first-order chi connectivity index (χ1) is 14.9. The monoisotopic (exact) mass is 426 g/mol. The molecule has 1 N–H and O–H groups in total. The normalized spacial score (nSPS) is 16.0. The first kappa shape index (κ1) is 23.1. The zero-order valence-corrected chi connectivity index (χ0v) is 19.1. The summed E-state index contributed by atoms with van der Waals surface area (Å²) in [5.41, 5.74) is 3.10. The van der Waals surface area contributed by atoms with Crippen LogP contribution < -0.4 is 14.8 Å². The largest absolute Gasteiger partial charge is 0.497 e. The van der Waals surface area contributed by atoms with Crippen molar-refractivity contribution in [1.29, 1.82) is 0 Å². The minimum atomic E-state index is -0.312. The molecule has 1 amide bonds. The summed E-state index contributed by atoms with van der Waals surface area (Å²) in [7, 11) is 3.39. The van der Waals surface area contributed by atoms with Gasteiger partial charge in [0.1, 0.15) is 23.7 Å². The molecule has 0 aromatic heterocycles. The summed E-state index contributed by atoms with van der Waals surface area (Å²) in [6.45, 7) is 7.19. The lowest BCUT2D eigenvalue weighted by molar-refractivity contribution is -0.125. The predicted molar refractivity (Wildman–Crippen MR) is 122 cm³/mol. The topological polar surface area (TPSA) is 60.0 Å². The van der Waals surface area contributed by atoms with Crippen molar-refractivity contribution in [1.82, 2.24) is 10.2 Å². The highest BCUT2D eigenvalue weighted by Gasteiger charge is 2.36. The number of nitrogens with one attached hydrogen (secondary N) is 1. The average molecular weight is 427 g/mol. The fraction of sp³-hybridized carbons (Fsp3) is 0.480. The van der Waals surface area contributed by atoms with E-state index in [1.54, 1.807) is 14.2 Å². The summed E-state index contributed by atoms with van der Waals surface area (Å²) in [5, 5.41) is 3.00. The molecule has 1 heterocycles. The van der Waals surface area contributed by atoms with Crippen molar-refractivity contribution in [3.8, 4) is 11.5 Å². The van der Waals surface area contributed by atoms with Gasteiger partial charge in [-0.1, -0.05) is 29.8 Å². The van der Waals surface area contributed by atoms with Crippen LogP contribution in [0, 0.1) is 13.8 Å². The van der Waals surface area contributed by atoms with E-state index >= 15 is 0 Å². The maximum atomic E-state index is 12.4. The number of hydrogen-bond acceptors (Lipinski definition) is 5. The molecule has 168 valence electrons. The Morgan fingerprint density at radius 1 is 1.06 bits per heavy atom. The summed E-state index contributed by atoms with van der Waals surface area (Å²) in [5.74, 6) is 1.75. The van der Waals surface area contributed by atoms with E-state index < -0.39 is 0 Å². The van der Waals surface area contributed by atoms with Crippen LogP contribution in [0.3, 0.4) is 0 Å². The Hall–Kier alpha value is -2.57. The summed E-state index contributed by atoms with van der Waals surface area (Å²) in [6.07, 6.45) is 1.67. The fourth-order valence-corrected chi connectivity index (χ4v) is 3.90. The van der Waals surface area contributed by atoms with Crippen LogP contribution in [-0.4, -0.2) is 56.9 Å². The van der Waals surface area contributed by atoms with E-state index in [-0.39, 0.29) is 11.5 Å². The molecule has 3 rings (SSSR count). The number of rotatable bonds is 9. The van der Waals surface area contributed by atoms with Gasteiger partial charge in [-0.05, 0) is 56.0 Å². The molecule has 0 saturated carbocycles. The third kappa shape index (κ3) is 6.45. The van der Waals surface area contributed by atoms with Crippen molar-refractivity contribution in [2.24, 2.45) is 0 Å². The lowest BCUT2D eigenvalue weighted by Crippen LogP contribution is -2.51. The van der Waals surface area contributed by atoms with Gasteiger partial charge in [0.15, 0.2) is 0 Å². The van der Waals surface area contributed by atoms with Crippen LogP contribution in [0.5, 0.6) is 11.5 Å². The van der Waals surface area contributed by atoms with Crippen molar-refractivity contribution < 1.29 is 19.0 Å². The minimum Gasteiger partial charge on any atom is -0.497 e. The fourth-order valence-electron chi connectivity index (χ4n) is 3.90. The molecule has 0 atom stereocenters. The molecule has 6 heteroatoms. The predicted octanol–water partition coefficient (Wildman–Crippen LogP) is 3.49. The average Bonchev–Trinajstić information content (AvgIpc) is 2.78. The smallest absolute Gasteiger partial charge is 0.234 e. The highest BCUT2D eigenvalue weighted by atomic mass is 16.5. The molecule has 31 heavy (non-hydrogen) atoms. The quantitative estimate of drug-likeness (QED) is 0.665. The van der Waals surface area contributed by atoms with Crippen molar-refractivity contribution in [3.05, 3.63) is 59.2 Å². The Morgan fingerprint density at radius 2 is 1.77 bits per heavy atom. The van der Waals surface area contributed by atoms with E-state index in [1.807, 2.05) is 30.3 Å². The van der Waals surface area contributed by atoms with Crippen LogP contribution >= 0.6 is 0 Å². The summed E-state index contributed by atoms with van der Waals surface area (Å²) >= 11 is 0. The Bertz CT molecular complexity index is 858. The molecular weight excluding hydrogens is 392 g/mol. The van der Waals surface area contributed by atoms with Gasteiger partial charge in [0.2, 0.25) is 5.91 Å². The van der Waals surface area contributed by atoms with Crippen LogP contribution in [0.1, 0.15) is 29.5 Å². The SMILES string of the molecule is COc1ccc(CNC(=O)CN2CCC(COc3ccc(C)cc3C)(OC)CC2)cc1. The molecule has 1 aliphatic rings. The van der Waals surface area contributed by atoms with Crippen LogP contribution in [-0.2, 0) is 16.1 Å². The first-order valence-electron chi connectivity index (χ1n) is 10.8. The number of methoxy groups -OCH3 is 2.